The lowest BCUT2D eigenvalue weighted by Crippen LogP contribution is -2.13. The van der Waals surface area contributed by atoms with Crippen molar-refractivity contribution in [2.45, 2.75) is 258 Å². The molecule has 0 aliphatic rings. The molecule has 0 heterocycles. The lowest BCUT2D eigenvalue weighted by molar-refractivity contribution is 0.306. The van der Waals surface area contributed by atoms with Gasteiger partial charge < -0.3 is 0 Å². The Morgan fingerprint density at radius 1 is 0.364 bits per heavy atom. The van der Waals surface area contributed by atoms with Gasteiger partial charge in [0.15, 0.2) is 0 Å². The molecule has 0 spiro atoms. The van der Waals surface area contributed by atoms with Gasteiger partial charge in [0.05, 0.1) is 36.2 Å². The predicted molar refractivity (Wildman–Crippen MR) is 251 cm³/mol. The number of unbranched alkanes of at least 4 members (excludes halogenated alkanes) is 29. The summed E-state index contributed by atoms with van der Waals surface area (Å²) in [5, 5.41) is 0. The van der Waals surface area contributed by atoms with Crippen LogP contribution < -0.4 is 0 Å². The molecule has 5 heteroatoms. The highest BCUT2D eigenvalue weighted by Gasteiger charge is 2.35. The first-order valence-electron chi connectivity index (χ1n) is 24.7. The fraction of sp³-hybridized carbons (Fsp3) is 0.880. The third-order valence-corrected chi connectivity index (χ3v) is 18.1. The van der Waals surface area contributed by atoms with Crippen LogP contribution in [-0.4, -0.2) is 39.7 Å². The van der Waals surface area contributed by atoms with E-state index < -0.39 is 17.4 Å². The second-order valence-corrected chi connectivity index (χ2v) is 23.2. The van der Waals surface area contributed by atoms with Crippen molar-refractivity contribution in [3.8, 4) is 0 Å². The first-order valence-corrected chi connectivity index (χ1v) is 28.6. The van der Waals surface area contributed by atoms with Crippen LogP contribution >= 0.6 is 7.26 Å². The highest BCUT2D eigenvalue weighted by atomic mass is 32.2. The molecule has 0 fully saturated rings. The Kier molecular flexibility index (Phi) is 41.4. The number of rotatable bonds is 41. The minimum Gasteiger partial charge on any atom is -0.266 e. The maximum atomic E-state index is 11.9. The number of hydrogen-bond donors (Lipinski definition) is 0. The zero-order valence-corrected chi connectivity index (χ0v) is 39.8. The van der Waals surface area contributed by atoms with Gasteiger partial charge in [0.25, 0.3) is 10.1 Å². The maximum absolute atomic E-state index is 11.9. The van der Waals surface area contributed by atoms with Crippen molar-refractivity contribution in [2.75, 3.05) is 31.3 Å². The monoisotopic (exact) mass is 810 g/mol. The number of benzene rings is 1. The van der Waals surface area contributed by atoms with E-state index >= 15 is 0 Å². The van der Waals surface area contributed by atoms with E-state index in [1.807, 2.05) is 0 Å². The van der Waals surface area contributed by atoms with Gasteiger partial charge in [-0.2, -0.15) is 8.42 Å². The molecular weight excluding hydrogens is 712 g/mol. The molecule has 1 aromatic carbocycles. The molecule has 0 saturated heterocycles. The van der Waals surface area contributed by atoms with Gasteiger partial charge in [0.1, 0.15) is 0 Å². The molecule has 0 bridgehead atoms. The molecule has 0 N–H and O–H groups in total. The van der Waals surface area contributed by atoms with Crippen LogP contribution in [-0.2, 0) is 14.3 Å². The van der Waals surface area contributed by atoms with Crippen molar-refractivity contribution in [3.63, 3.8) is 0 Å². The zero-order chi connectivity index (χ0) is 40.4. The summed E-state index contributed by atoms with van der Waals surface area (Å²) in [5.74, 6) is 0. The second-order valence-electron chi connectivity index (χ2n) is 17.1. The van der Waals surface area contributed by atoms with Crippen LogP contribution in [0.3, 0.4) is 0 Å². The van der Waals surface area contributed by atoms with E-state index in [2.05, 4.69) is 34.6 Å². The van der Waals surface area contributed by atoms with Gasteiger partial charge in [-0.25, -0.2) is 0 Å². The minimum absolute atomic E-state index is 0.238. The molecular formula is C50H98O3PS+. The quantitative estimate of drug-likeness (QED) is 0.0376. The van der Waals surface area contributed by atoms with Crippen LogP contribution in [0.1, 0.15) is 253 Å². The van der Waals surface area contributed by atoms with Crippen LogP contribution in [0.2, 0.25) is 0 Å². The molecule has 1 rings (SSSR count). The zero-order valence-electron chi connectivity index (χ0n) is 38.0. The van der Waals surface area contributed by atoms with Crippen molar-refractivity contribution in [1.29, 1.82) is 0 Å². The van der Waals surface area contributed by atoms with Crippen LogP contribution in [0, 0.1) is 0 Å². The van der Waals surface area contributed by atoms with Gasteiger partial charge in [0.2, 0.25) is 0 Å². The van der Waals surface area contributed by atoms with Crippen molar-refractivity contribution in [3.05, 3.63) is 30.3 Å². The third kappa shape index (κ3) is 35.2. The summed E-state index contributed by atoms with van der Waals surface area (Å²) >= 11 is 0. The summed E-state index contributed by atoms with van der Waals surface area (Å²) in [6.07, 6.45) is 54.4. The predicted octanol–water partition coefficient (Wildman–Crippen LogP) is 17.8. The van der Waals surface area contributed by atoms with Gasteiger partial charge in [-0.15, -0.1) is 0 Å². The lowest BCUT2D eigenvalue weighted by Gasteiger charge is -2.28. The summed E-state index contributed by atoms with van der Waals surface area (Å²) < 4.78 is 28.8. The Morgan fingerprint density at radius 3 is 0.909 bits per heavy atom. The Bertz CT molecular complexity index is 913. The highest BCUT2D eigenvalue weighted by molar-refractivity contribution is 7.86. The molecule has 326 valence electrons. The van der Waals surface area contributed by atoms with Gasteiger partial charge in [-0.05, 0) is 69.9 Å². The Balaban J connectivity index is 0.00000115. The Labute approximate surface area is 348 Å². The lowest BCUT2D eigenvalue weighted by atomic mass is 10.1. The fourth-order valence-electron chi connectivity index (χ4n) is 7.99. The average molecular weight is 810 g/mol. The summed E-state index contributed by atoms with van der Waals surface area (Å²) in [7, 11) is -4.29. The van der Waals surface area contributed by atoms with Crippen LogP contribution in [0.15, 0.2) is 35.2 Å². The Hall–Kier alpha value is -0.440. The van der Waals surface area contributed by atoms with E-state index in [0.29, 0.717) is 0 Å². The van der Waals surface area contributed by atoms with Gasteiger partial charge in [0, 0.05) is 7.26 Å². The van der Waals surface area contributed by atoms with E-state index in [9.17, 15) is 8.42 Å². The SMILES string of the molecule is CCCCCCCCCCCCOS(=O)(=O)c1ccccc1.CCCCCCCC[P+](CCCCCCCC)(CCCCCCCC)CCCCCCCC. The second kappa shape index (κ2) is 41.7. The first-order chi connectivity index (χ1) is 26.9. The smallest absolute Gasteiger partial charge is 0.266 e. The van der Waals surface area contributed by atoms with E-state index in [1.54, 1.807) is 80.7 Å². The van der Waals surface area contributed by atoms with Crippen LogP contribution in [0.4, 0.5) is 0 Å². The largest absolute Gasteiger partial charge is 0.296 e. The molecule has 0 aliphatic carbocycles. The molecule has 55 heavy (non-hydrogen) atoms. The molecule has 0 unspecified atom stereocenters. The minimum atomic E-state index is -3.57. The molecule has 0 radical (unpaired) electrons. The molecule has 0 atom stereocenters. The van der Waals surface area contributed by atoms with Crippen LogP contribution in [0.25, 0.3) is 0 Å². The summed E-state index contributed by atoms with van der Waals surface area (Å²) in [6, 6.07) is 8.33. The molecule has 0 aromatic heterocycles. The molecule has 3 nitrogen and oxygen atoms in total. The van der Waals surface area contributed by atoms with E-state index in [4.69, 9.17) is 4.18 Å². The summed E-state index contributed by atoms with van der Waals surface area (Å²) in [4.78, 5) is 0.238. The van der Waals surface area contributed by atoms with Crippen molar-refractivity contribution in [2.24, 2.45) is 0 Å². The maximum Gasteiger partial charge on any atom is 0.296 e. The van der Waals surface area contributed by atoms with Crippen molar-refractivity contribution >= 4 is 17.4 Å². The topological polar surface area (TPSA) is 43.4 Å². The summed E-state index contributed by atoms with van der Waals surface area (Å²) in [5.41, 5.74) is 0. The summed E-state index contributed by atoms with van der Waals surface area (Å²) in [6.45, 7) is 11.9. The number of hydrogen-bond acceptors (Lipinski definition) is 3. The highest BCUT2D eigenvalue weighted by Crippen LogP contribution is 2.61. The molecule has 0 amide bonds. The van der Waals surface area contributed by atoms with Gasteiger partial charge >= 0.3 is 0 Å². The third-order valence-electron chi connectivity index (χ3n) is 11.7. The fourth-order valence-corrected chi connectivity index (χ4v) is 13.9. The van der Waals surface area contributed by atoms with Crippen molar-refractivity contribution in [1.82, 2.24) is 0 Å². The van der Waals surface area contributed by atoms with E-state index in [1.165, 1.54) is 180 Å². The Morgan fingerprint density at radius 2 is 0.618 bits per heavy atom. The van der Waals surface area contributed by atoms with E-state index in [-0.39, 0.29) is 11.5 Å². The van der Waals surface area contributed by atoms with Gasteiger partial charge in [-0.3, -0.25) is 4.18 Å². The molecule has 0 saturated carbocycles. The van der Waals surface area contributed by atoms with Crippen LogP contribution in [0.5, 0.6) is 0 Å². The molecule has 0 aliphatic heterocycles. The van der Waals surface area contributed by atoms with Crippen molar-refractivity contribution < 1.29 is 12.6 Å². The van der Waals surface area contributed by atoms with Gasteiger partial charge in [-0.1, -0.05) is 213 Å². The average Bonchev–Trinajstić information content (AvgIpc) is 3.19. The normalized spacial score (nSPS) is 11.9. The standard InChI is InChI=1S/C32H68P.C18H30O3S/c1-5-9-13-17-21-25-29-33(30-26-22-18-14-10-6-2,31-27-23-19-15-11-7-3)32-28-24-20-16-12-8-4;1-2-3-4-5-6-7-8-9-10-14-17-21-22(19,20)18-15-12-11-13-16-18/h5-32H2,1-4H3;11-13,15-16H,2-10,14,17H2,1H3/q+1;. The first kappa shape index (κ1) is 54.6. The van der Waals surface area contributed by atoms with E-state index in [0.717, 1.165) is 12.8 Å². The molecule has 1 aromatic rings.